The van der Waals surface area contributed by atoms with Crippen LogP contribution in [0.2, 0.25) is 0 Å². The summed E-state index contributed by atoms with van der Waals surface area (Å²) in [5.41, 5.74) is 2.53. The Hall–Kier alpha value is 0.400. The molecule has 4 N–H and O–H groups in total. The van der Waals surface area contributed by atoms with Crippen molar-refractivity contribution in [2.75, 3.05) is 26.2 Å². The maximum atomic E-state index is 5.55. The third-order valence-corrected chi connectivity index (χ3v) is 16.0. The molecule has 4 nitrogen and oxygen atoms in total. The van der Waals surface area contributed by atoms with Crippen molar-refractivity contribution >= 4 is 54.7 Å². The summed E-state index contributed by atoms with van der Waals surface area (Å²) in [4.78, 5) is 0. The van der Waals surface area contributed by atoms with Crippen molar-refractivity contribution in [3.05, 3.63) is 0 Å². The first-order valence-corrected chi connectivity index (χ1v) is 16.8. The van der Waals surface area contributed by atoms with E-state index in [4.69, 9.17) is 24.4 Å². The largest absolute Gasteiger partial charge is 0.369 e. The van der Waals surface area contributed by atoms with Gasteiger partial charge in [0.15, 0.2) is 0 Å². The van der Waals surface area contributed by atoms with Gasteiger partial charge in [0, 0.05) is 37.3 Å². The molecule has 0 aromatic heterocycles. The first-order chi connectivity index (χ1) is 16.5. The minimum absolute atomic E-state index is 0.461. The van der Waals surface area contributed by atoms with Crippen molar-refractivity contribution in [3.63, 3.8) is 0 Å². The van der Waals surface area contributed by atoms with Crippen LogP contribution < -0.4 is 21.3 Å². The number of hydrogen-bond donors (Lipinski definition) is 4. The quantitative estimate of drug-likeness (QED) is 0.207. The van der Waals surface area contributed by atoms with E-state index in [9.17, 15) is 0 Å². The molecule has 0 aromatic rings. The van der Waals surface area contributed by atoms with Crippen molar-refractivity contribution in [3.8, 4) is 0 Å². The molecule has 2 spiro atoms. The molecule has 8 rings (SSSR count). The van der Waals surface area contributed by atoms with Gasteiger partial charge in [-0.3, -0.25) is 0 Å². The van der Waals surface area contributed by atoms with E-state index < -0.39 is 0 Å². The zero-order chi connectivity index (χ0) is 22.8. The number of rotatable bonds is 8. The first-order valence-electron chi connectivity index (χ1n) is 13.9. The third kappa shape index (κ3) is 2.88. The molecule has 8 fully saturated rings. The molecule has 0 aromatic carbocycles. The summed E-state index contributed by atoms with van der Waals surface area (Å²) in [7, 11) is 3.18. The van der Waals surface area contributed by atoms with Crippen molar-refractivity contribution in [1.82, 2.24) is 21.3 Å². The molecule has 4 bridgehead atoms. The van der Waals surface area contributed by atoms with Crippen LogP contribution in [-0.2, 0) is 0 Å². The van der Waals surface area contributed by atoms with Gasteiger partial charge >= 0.3 is 0 Å². The minimum atomic E-state index is 0.461. The fourth-order valence-corrected chi connectivity index (χ4v) is 13.8. The monoisotopic (exact) mass is 534 g/mol. The lowest BCUT2D eigenvalue weighted by Crippen LogP contribution is -2.60. The molecule has 0 saturated heterocycles. The zero-order valence-corrected chi connectivity index (χ0v) is 23.3. The second-order valence-electron chi connectivity index (χ2n) is 13.5. The maximum absolute atomic E-state index is 5.55. The predicted molar refractivity (Wildman–Crippen MR) is 150 cm³/mol. The number of thiocarbonyl (C=S) groups is 2. The van der Waals surface area contributed by atoms with Crippen LogP contribution in [-0.4, -0.2) is 45.9 Å². The lowest BCUT2D eigenvalue weighted by atomic mass is 9.38. The first kappa shape index (κ1) is 22.4. The Morgan fingerprint density at radius 1 is 0.588 bits per heavy atom. The molecular formula is C26H38N4S4. The highest BCUT2D eigenvalue weighted by atomic mass is 33.1. The van der Waals surface area contributed by atoms with Gasteiger partial charge in [-0.1, -0.05) is 24.4 Å². The maximum Gasteiger partial charge on any atom is 0.144 e. The molecule has 8 heteroatoms. The van der Waals surface area contributed by atoms with Crippen LogP contribution in [0.15, 0.2) is 0 Å². The topological polar surface area (TPSA) is 48.1 Å². The second-order valence-corrected chi connectivity index (χ2v) is 17.0. The Labute approximate surface area is 222 Å². The van der Waals surface area contributed by atoms with E-state index in [0.29, 0.717) is 11.1 Å². The fraction of sp³-hybridized carbons (Fsp3) is 0.923. The van der Waals surface area contributed by atoms with E-state index in [0.717, 1.165) is 81.2 Å². The minimum Gasteiger partial charge on any atom is -0.369 e. The summed E-state index contributed by atoms with van der Waals surface area (Å²) >= 11 is 11.1. The molecule has 0 amide bonds. The molecule has 186 valence electrons. The summed E-state index contributed by atoms with van der Waals surface area (Å²) in [5, 5.41) is 14.8. The molecule has 8 aliphatic carbocycles. The van der Waals surface area contributed by atoms with Crippen LogP contribution in [0.5, 0.6) is 0 Å². The number of fused-ring (bicyclic) bond motifs is 2. The Morgan fingerprint density at radius 3 is 1.29 bits per heavy atom. The van der Waals surface area contributed by atoms with E-state index >= 15 is 0 Å². The molecule has 0 radical (unpaired) electrons. The van der Waals surface area contributed by atoms with E-state index in [2.05, 4.69) is 21.3 Å². The van der Waals surface area contributed by atoms with E-state index in [1.807, 2.05) is 0 Å². The Kier molecular flexibility index (Phi) is 4.94. The Bertz CT molecular complexity index is 832. The standard InChI is InChI=1S/C26H38N4S4/c31-21(27-1-3-29-23-9-17-5-15-6-18(10-23)25(15,17)13-23)33-34-22(32)28-2-4-30-24-11-19-7-16-8-20(12-24)26(16,19)14-24/h15-20,29-30H,1-14H2,(H,27,31)(H,28,32). The number of nitrogens with one attached hydrogen (secondary N) is 4. The fourth-order valence-electron chi connectivity index (χ4n) is 11.7. The van der Waals surface area contributed by atoms with Crippen LogP contribution in [0.1, 0.15) is 64.2 Å². The average Bonchev–Trinajstić information content (AvgIpc) is 3.46. The summed E-state index contributed by atoms with van der Waals surface area (Å²) in [5.74, 6) is 6.40. The van der Waals surface area contributed by atoms with Crippen molar-refractivity contribution in [2.45, 2.75) is 75.3 Å². The zero-order valence-electron chi connectivity index (χ0n) is 20.0. The highest BCUT2D eigenvalue weighted by Gasteiger charge is 2.78. The van der Waals surface area contributed by atoms with Crippen LogP contribution in [0, 0.1) is 46.3 Å². The Morgan fingerprint density at radius 2 is 0.971 bits per heavy atom. The number of hydrogen-bond acceptors (Lipinski definition) is 6. The van der Waals surface area contributed by atoms with Crippen LogP contribution >= 0.6 is 46.0 Å². The molecule has 4 unspecified atom stereocenters. The molecule has 8 aliphatic rings. The predicted octanol–water partition coefficient (Wildman–Crippen LogP) is 4.45. The molecule has 0 aliphatic heterocycles. The third-order valence-electron chi connectivity index (χ3n) is 12.7. The van der Waals surface area contributed by atoms with Crippen molar-refractivity contribution < 1.29 is 0 Å². The van der Waals surface area contributed by atoms with E-state index in [1.165, 1.54) is 64.2 Å². The summed E-state index contributed by atoms with van der Waals surface area (Å²) in [6, 6.07) is 0. The van der Waals surface area contributed by atoms with Crippen molar-refractivity contribution in [2.24, 2.45) is 46.3 Å². The second kappa shape index (κ2) is 7.49. The van der Waals surface area contributed by atoms with E-state index in [1.54, 1.807) is 21.6 Å². The van der Waals surface area contributed by atoms with Gasteiger partial charge in [-0.25, -0.2) is 0 Å². The van der Waals surface area contributed by atoms with Gasteiger partial charge < -0.3 is 21.3 Å². The van der Waals surface area contributed by atoms with Crippen LogP contribution in [0.3, 0.4) is 0 Å². The van der Waals surface area contributed by atoms with Gasteiger partial charge in [-0.05, 0) is 132 Å². The molecular weight excluding hydrogens is 497 g/mol. The van der Waals surface area contributed by atoms with Gasteiger partial charge in [0.2, 0.25) is 0 Å². The van der Waals surface area contributed by atoms with Gasteiger partial charge in [0.1, 0.15) is 8.64 Å². The molecule has 34 heavy (non-hydrogen) atoms. The summed E-state index contributed by atoms with van der Waals surface area (Å²) in [6.45, 7) is 3.86. The van der Waals surface area contributed by atoms with Gasteiger partial charge in [-0.2, -0.15) is 0 Å². The van der Waals surface area contributed by atoms with Gasteiger partial charge in [0.05, 0.1) is 0 Å². The van der Waals surface area contributed by atoms with Gasteiger partial charge in [-0.15, -0.1) is 0 Å². The average molecular weight is 535 g/mol. The lowest BCUT2D eigenvalue weighted by molar-refractivity contribution is -0.175. The highest BCUT2D eigenvalue weighted by molar-refractivity contribution is 8.89. The van der Waals surface area contributed by atoms with E-state index in [-0.39, 0.29) is 0 Å². The highest BCUT2D eigenvalue weighted by Crippen LogP contribution is 2.83. The SMILES string of the molecule is S=C(NCCNC12CC3CC4CC(C1)C43C2)SSC(=S)NCCNC12CC3CC4CC(C1)C43C2. The molecule has 8 saturated carbocycles. The summed E-state index contributed by atoms with van der Waals surface area (Å²) in [6.07, 6.45) is 14.8. The van der Waals surface area contributed by atoms with Crippen molar-refractivity contribution in [1.29, 1.82) is 0 Å². The van der Waals surface area contributed by atoms with Crippen LogP contribution in [0.25, 0.3) is 0 Å². The lowest BCUT2D eigenvalue weighted by Gasteiger charge is -2.66. The molecule has 0 heterocycles. The normalized spacial score (nSPS) is 53.2. The summed E-state index contributed by atoms with van der Waals surface area (Å²) < 4.78 is 1.69. The Balaban J connectivity index is 0.703. The molecule has 4 atom stereocenters. The smallest absolute Gasteiger partial charge is 0.144 e. The van der Waals surface area contributed by atoms with Crippen LogP contribution in [0.4, 0.5) is 0 Å². The van der Waals surface area contributed by atoms with Gasteiger partial charge in [0.25, 0.3) is 0 Å².